The first-order chi connectivity index (χ1) is 10.1. The van der Waals surface area contributed by atoms with Crippen LogP contribution in [0.2, 0.25) is 0 Å². The number of carbonyl (C=O) groups excluding carboxylic acids is 2. The number of rotatable bonds is 2. The summed E-state index contributed by atoms with van der Waals surface area (Å²) in [6.07, 6.45) is 2.16. The van der Waals surface area contributed by atoms with Gasteiger partial charge in [0.15, 0.2) is 0 Å². The minimum Gasteiger partial charge on any atom is -0.365 e. The first kappa shape index (κ1) is 14.1. The molecule has 1 aromatic rings. The van der Waals surface area contributed by atoms with Gasteiger partial charge in [-0.2, -0.15) is 0 Å². The van der Waals surface area contributed by atoms with Gasteiger partial charge in [0.1, 0.15) is 10.7 Å². The number of benzene rings is 1. The quantitative estimate of drug-likeness (QED) is 0.789. The first-order valence-electron chi connectivity index (χ1n) is 7.18. The molecule has 0 aromatic heterocycles. The monoisotopic (exact) mass is 304 g/mol. The van der Waals surface area contributed by atoms with E-state index in [9.17, 15) is 9.59 Å². The SMILES string of the molecule is C[C@H]1CCCN(C2=C(Cl)C(=O)N(c3ccccc3)C2=O)C1. The molecule has 0 aliphatic carbocycles. The van der Waals surface area contributed by atoms with Gasteiger partial charge in [-0.05, 0) is 30.9 Å². The number of para-hydroxylation sites is 1. The Bertz CT molecular complexity index is 612. The van der Waals surface area contributed by atoms with Crippen molar-refractivity contribution in [1.82, 2.24) is 4.90 Å². The van der Waals surface area contributed by atoms with Crippen molar-refractivity contribution in [3.05, 3.63) is 41.1 Å². The summed E-state index contributed by atoms with van der Waals surface area (Å²) in [5.74, 6) is -0.240. The van der Waals surface area contributed by atoms with E-state index in [1.54, 1.807) is 24.3 Å². The van der Waals surface area contributed by atoms with Crippen LogP contribution < -0.4 is 4.90 Å². The van der Waals surface area contributed by atoms with Crippen LogP contribution in [0.3, 0.4) is 0 Å². The Hall–Kier alpha value is -1.81. The lowest BCUT2D eigenvalue weighted by molar-refractivity contribution is -0.121. The van der Waals surface area contributed by atoms with Crippen molar-refractivity contribution in [2.75, 3.05) is 18.0 Å². The zero-order chi connectivity index (χ0) is 15.0. The van der Waals surface area contributed by atoms with Crippen LogP contribution in [-0.4, -0.2) is 29.8 Å². The van der Waals surface area contributed by atoms with Crippen molar-refractivity contribution < 1.29 is 9.59 Å². The van der Waals surface area contributed by atoms with Gasteiger partial charge < -0.3 is 4.90 Å². The molecule has 5 heteroatoms. The molecule has 1 atom stereocenters. The smallest absolute Gasteiger partial charge is 0.283 e. The van der Waals surface area contributed by atoms with Crippen LogP contribution in [0, 0.1) is 5.92 Å². The van der Waals surface area contributed by atoms with Crippen molar-refractivity contribution in [3.63, 3.8) is 0 Å². The molecule has 0 bridgehead atoms. The summed E-state index contributed by atoms with van der Waals surface area (Å²) in [4.78, 5) is 28.1. The summed E-state index contributed by atoms with van der Waals surface area (Å²) in [5, 5.41) is 0.0398. The average Bonchev–Trinajstić information content (AvgIpc) is 2.70. The number of hydrogen-bond donors (Lipinski definition) is 0. The van der Waals surface area contributed by atoms with Gasteiger partial charge >= 0.3 is 0 Å². The molecule has 0 unspecified atom stereocenters. The third-order valence-corrected chi connectivity index (χ3v) is 4.33. The summed E-state index contributed by atoms with van der Waals surface area (Å²) in [6.45, 7) is 3.70. The minimum absolute atomic E-state index is 0.0398. The van der Waals surface area contributed by atoms with E-state index in [0.29, 0.717) is 17.3 Å². The molecular formula is C16H17ClN2O2. The number of amides is 2. The molecule has 1 saturated heterocycles. The highest BCUT2D eigenvalue weighted by Gasteiger charge is 2.41. The summed E-state index contributed by atoms with van der Waals surface area (Å²) in [7, 11) is 0. The van der Waals surface area contributed by atoms with E-state index in [-0.39, 0.29) is 10.9 Å². The largest absolute Gasteiger partial charge is 0.365 e. The molecule has 4 nitrogen and oxygen atoms in total. The highest BCUT2D eigenvalue weighted by molar-refractivity contribution is 6.52. The molecule has 0 radical (unpaired) electrons. The Labute approximate surface area is 129 Å². The van der Waals surface area contributed by atoms with Crippen LogP contribution in [0.5, 0.6) is 0 Å². The summed E-state index contributed by atoms with van der Waals surface area (Å²) in [6, 6.07) is 8.91. The lowest BCUT2D eigenvalue weighted by atomic mass is 10.00. The third kappa shape index (κ3) is 2.44. The highest BCUT2D eigenvalue weighted by Crippen LogP contribution is 2.33. The van der Waals surface area contributed by atoms with E-state index in [2.05, 4.69) is 6.92 Å². The van der Waals surface area contributed by atoms with E-state index in [0.717, 1.165) is 30.8 Å². The van der Waals surface area contributed by atoms with E-state index < -0.39 is 5.91 Å². The molecule has 2 aliphatic heterocycles. The average molecular weight is 305 g/mol. The van der Waals surface area contributed by atoms with Gasteiger partial charge in [0.2, 0.25) is 0 Å². The Morgan fingerprint density at radius 3 is 2.52 bits per heavy atom. The standard InChI is InChI=1S/C16H17ClN2O2/c1-11-6-5-9-18(10-11)14-13(17)15(20)19(16(14)21)12-7-3-2-4-8-12/h2-4,7-8,11H,5-6,9-10H2,1H3/t11-/m0/s1. The maximum absolute atomic E-state index is 12.7. The maximum atomic E-state index is 12.7. The Balaban J connectivity index is 1.92. The molecule has 0 spiro atoms. The van der Waals surface area contributed by atoms with Gasteiger partial charge in [-0.3, -0.25) is 9.59 Å². The second kappa shape index (κ2) is 5.53. The van der Waals surface area contributed by atoms with Crippen molar-refractivity contribution in [2.45, 2.75) is 19.8 Å². The Morgan fingerprint density at radius 1 is 1.14 bits per heavy atom. The molecule has 21 heavy (non-hydrogen) atoms. The number of likely N-dealkylation sites (tertiary alicyclic amines) is 1. The molecule has 0 N–H and O–H groups in total. The number of nitrogens with zero attached hydrogens (tertiary/aromatic N) is 2. The van der Waals surface area contributed by atoms with Crippen LogP contribution in [-0.2, 0) is 9.59 Å². The van der Waals surface area contributed by atoms with Gasteiger partial charge in [-0.15, -0.1) is 0 Å². The minimum atomic E-state index is -0.430. The van der Waals surface area contributed by atoms with Gasteiger partial charge in [-0.25, -0.2) is 4.90 Å². The lowest BCUT2D eigenvalue weighted by Gasteiger charge is -2.33. The predicted molar refractivity (Wildman–Crippen MR) is 81.8 cm³/mol. The molecule has 1 aromatic carbocycles. The zero-order valence-electron chi connectivity index (χ0n) is 11.9. The first-order valence-corrected chi connectivity index (χ1v) is 7.56. The molecule has 110 valence electrons. The fourth-order valence-electron chi connectivity index (χ4n) is 2.97. The van der Waals surface area contributed by atoms with Crippen LogP contribution in [0.25, 0.3) is 0 Å². The fourth-order valence-corrected chi connectivity index (χ4v) is 3.25. The second-order valence-corrected chi connectivity index (χ2v) is 6.02. The van der Waals surface area contributed by atoms with Gasteiger partial charge in [0.25, 0.3) is 11.8 Å². The van der Waals surface area contributed by atoms with E-state index in [1.165, 1.54) is 0 Å². The van der Waals surface area contributed by atoms with Crippen LogP contribution in [0.15, 0.2) is 41.1 Å². The molecule has 2 aliphatic rings. The van der Waals surface area contributed by atoms with E-state index in [4.69, 9.17) is 11.6 Å². The van der Waals surface area contributed by atoms with Gasteiger partial charge in [0.05, 0.1) is 5.69 Å². The van der Waals surface area contributed by atoms with Crippen LogP contribution >= 0.6 is 11.6 Å². The highest BCUT2D eigenvalue weighted by atomic mass is 35.5. The summed E-state index contributed by atoms with van der Waals surface area (Å²) >= 11 is 6.18. The molecule has 2 heterocycles. The van der Waals surface area contributed by atoms with E-state index >= 15 is 0 Å². The predicted octanol–water partition coefficient (Wildman–Crippen LogP) is 2.74. The molecule has 1 fully saturated rings. The van der Waals surface area contributed by atoms with Crippen LogP contribution in [0.4, 0.5) is 5.69 Å². The molecule has 3 rings (SSSR count). The van der Waals surface area contributed by atoms with E-state index in [1.807, 2.05) is 11.0 Å². The van der Waals surface area contributed by atoms with Gasteiger partial charge in [-0.1, -0.05) is 36.7 Å². The fraction of sp³-hybridized carbons (Fsp3) is 0.375. The molecule has 2 amide bonds. The summed E-state index contributed by atoms with van der Waals surface area (Å²) < 4.78 is 0. The molecular weight excluding hydrogens is 288 g/mol. The number of anilines is 1. The number of piperidine rings is 1. The third-order valence-electron chi connectivity index (χ3n) is 3.99. The lowest BCUT2D eigenvalue weighted by Crippen LogP contribution is -2.39. The van der Waals surface area contributed by atoms with Crippen molar-refractivity contribution in [1.29, 1.82) is 0 Å². The normalized spacial score (nSPS) is 23.2. The van der Waals surface area contributed by atoms with Crippen molar-refractivity contribution in [3.8, 4) is 0 Å². The number of carbonyl (C=O) groups is 2. The maximum Gasteiger partial charge on any atom is 0.283 e. The van der Waals surface area contributed by atoms with Crippen LogP contribution in [0.1, 0.15) is 19.8 Å². The zero-order valence-corrected chi connectivity index (χ0v) is 12.6. The molecule has 0 saturated carbocycles. The van der Waals surface area contributed by atoms with Crippen molar-refractivity contribution in [2.24, 2.45) is 5.92 Å². The topological polar surface area (TPSA) is 40.6 Å². The van der Waals surface area contributed by atoms with Gasteiger partial charge in [0, 0.05) is 13.1 Å². The van der Waals surface area contributed by atoms with Crippen molar-refractivity contribution >= 4 is 29.1 Å². The summed E-state index contributed by atoms with van der Waals surface area (Å²) in [5.41, 5.74) is 0.919. The Morgan fingerprint density at radius 2 is 1.86 bits per heavy atom. The Kier molecular flexibility index (Phi) is 3.72. The number of halogens is 1. The number of hydrogen-bond acceptors (Lipinski definition) is 3. The second-order valence-electron chi connectivity index (χ2n) is 5.64. The number of imide groups is 1.